The van der Waals surface area contributed by atoms with Crippen LogP contribution in [0.3, 0.4) is 0 Å². The fourth-order valence-corrected chi connectivity index (χ4v) is 3.85. The molecule has 160 valence electrons. The summed E-state index contributed by atoms with van der Waals surface area (Å²) in [4.78, 5) is 34.2. The SMILES string of the molecule is Cc1cnc(C(=O)N2CCCC(c3nc(N(C)C)ncc3-c3ccccc3F)C2)cn1. The fraction of sp³-hybridized carbons (Fsp3) is 0.348. The number of anilines is 1. The Bertz CT molecular complexity index is 1090. The van der Waals surface area contributed by atoms with Crippen LogP contribution in [0.4, 0.5) is 10.3 Å². The lowest BCUT2D eigenvalue weighted by Gasteiger charge is -2.33. The van der Waals surface area contributed by atoms with Crippen LogP contribution in [0.25, 0.3) is 11.1 Å². The molecule has 0 aliphatic carbocycles. The molecule has 1 aromatic carbocycles. The van der Waals surface area contributed by atoms with E-state index in [1.807, 2.05) is 25.9 Å². The van der Waals surface area contributed by atoms with Crippen molar-refractivity contribution in [2.75, 3.05) is 32.1 Å². The van der Waals surface area contributed by atoms with Gasteiger partial charge < -0.3 is 9.80 Å². The summed E-state index contributed by atoms with van der Waals surface area (Å²) in [6.45, 7) is 2.96. The highest BCUT2D eigenvalue weighted by Gasteiger charge is 2.30. The van der Waals surface area contributed by atoms with Crippen molar-refractivity contribution in [3.63, 3.8) is 0 Å². The van der Waals surface area contributed by atoms with Crippen LogP contribution in [0.2, 0.25) is 0 Å². The molecule has 3 heterocycles. The Balaban J connectivity index is 1.69. The van der Waals surface area contributed by atoms with Crippen molar-refractivity contribution >= 4 is 11.9 Å². The first-order valence-corrected chi connectivity index (χ1v) is 10.3. The lowest BCUT2D eigenvalue weighted by Crippen LogP contribution is -2.40. The van der Waals surface area contributed by atoms with Crippen molar-refractivity contribution in [2.24, 2.45) is 0 Å². The van der Waals surface area contributed by atoms with Gasteiger partial charge in [0.25, 0.3) is 5.91 Å². The van der Waals surface area contributed by atoms with E-state index < -0.39 is 0 Å². The first-order chi connectivity index (χ1) is 14.9. The van der Waals surface area contributed by atoms with Crippen LogP contribution in [0, 0.1) is 12.7 Å². The van der Waals surface area contributed by atoms with Crippen molar-refractivity contribution in [3.8, 4) is 11.1 Å². The Labute approximate surface area is 181 Å². The molecular formula is C23H25FN6O. The van der Waals surface area contributed by atoms with Gasteiger partial charge in [-0.2, -0.15) is 0 Å². The number of piperidine rings is 1. The van der Waals surface area contributed by atoms with Gasteiger partial charge in [-0.1, -0.05) is 18.2 Å². The number of aryl methyl sites for hydroxylation is 1. The van der Waals surface area contributed by atoms with Crippen molar-refractivity contribution in [1.82, 2.24) is 24.8 Å². The topological polar surface area (TPSA) is 75.1 Å². The van der Waals surface area contributed by atoms with Crippen molar-refractivity contribution < 1.29 is 9.18 Å². The van der Waals surface area contributed by atoms with E-state index in [2.05, 4.69) is 15.0 Å². The van der Waals surface area contributed by atoms with Crippen LogP contribution >= 0.6 is 0 Å². The highest BCUT2D eigenvalue weighted by molar-refractivity contribution is 5.92. The Morgan fingerprint density at radius 1 is 1.10 bits per heavy atom. The van der Waals surface area contributed by atoms with Crippen molar-refractivity contribution in [2.45, 2.75) is 25.7 Å². The minimum atomic E-state index is -0.316. The molecule has 1 saturated heterocycles. The quantitative estimate of drug-likeness (QED) is 0.643. The van der Waals surface area contributed by atoms with Gasteiger partial charge in [-0.25, -0.2) is 19.3 Å². The van der Waals surface area contributed by atoms with Gasteiger partial charge in [0, 0.05) is 56.6 Å². The number of amides is 1. The van der Waals surface area contributed by atoms with Crippen LogP contribution in [0.5, 0.6) is 0 Å². The molecule has 1 atom stereocenters. The summed E-state index contributed by atoms with van der Waals surface area (Å²) in [5.41, 5.74) is 2.99. The predicted molar refractivity (Wildman–Crippen MR) is 116 cm³/mol. The van der Waals surface area contributed by atoms with Gasteiger partial charge in [0.05, 0.1) is 17.6 Å². The van der Waals surface area contributed by atoms with Gasteiger partial charge in [-0.3, -0.25) is 9.78 Å². The number of hydrogen-bond donors (Lipinski definition) is 0. The average molecular weight is 420 g/mol. The van der Waals surface area contributed by atoms with E-state index >= 15 is 0 Å². The van der Waals surface area contributed by atoms with Crippen LogP contribution in [-0.2, 0) is 0 Å². The van der Waals surface area contributed by atoms with Gasteiger partial charge in [0.1, 0.15) is 11.5 Å². The number of likely N-dealkylation sites (tertiary alicyclic amines) is 1. The molecule has 1 fully saturated rings. The minimum Gasteiger partial charge on any atom is -0.347 e. The Kier molecular flexibility index (Phi) is 5.88. The van der Waals surface area contributed by atoms with Gasteiger partial charge in [-0.05, 0) is 25.8 Å². The lowest BCUT2D eigenvalue weighted by molar-refractivity contribution is 0.0699. The molecule has 1 amide bonds. The first-order valence-electron chi connectivity index (χ1n) is 10.3. The van der Waals surface area contributed by atoms with Gasteiger partial charge in [0.2, 0.25) is 5.95 Å². The number of hydrogen-bond acceptors (Lipinski definition) is 6. The number of carbonyl (C=O) groups excluding carboxylic acids is 1. The zero-order valence-electron chi connectivity index (χ0n) is 17.9. The van der Waals surface area contributed by atoms with E-state index in [0.29, 0.717) is 35.9 Å². The molecular weight excluding hydrogens is 395 g/mol. The molecule has 3 aromatic rings. The van der Waals surface area contributed by atoms with Gasteiger partial charge in [-0.15, -0.1) is 0 Å². The van der Waals surface area contributed by atoms with E-state index in [1.54, 1.807) is 35.5 Å². The molecule has 1 aliphatic rings. The Hall–Kier alpha value is -3.42. The molecule has 0 spiro atoms. The molecule has 7 nitrogen and oxygen atoms in total. The molecule has 1 aliphatic heterocycles. The molecule has 0 bridgehead atoms. The summed E-state index contributed by atoms with van der Waals surface area (Å²) < 4.78 is 14.6. The lowest BCUT2D eigenvalue weighted by atomic mass is 9.89. The number of benzene rings is 1. The molecule has 2 aromatic heterocycles. The zero-order valence-corrected chi connectivity index (χ0v) is 17.9. The third kappa shape index (κ3) is 4.38. The van der Waals surface area contributed by atoms with Crippen molar-refractivity contribution in [3.05, 3.63) is 65.8 Å². The highest BCUT2D eigenvalue weighted by atomic mass is 19.1. The molecule has 8 heteroatoms. The normalized spacial score (nSPS) is 16.3. The predicted octanol–water partition coefficient (Wildman–Crippen LogP) is 3.47. The Morgan fingerprint density at radius 3 is 2.61 bits per heavy atom. The third-order valence-corrected chi connectivity index (χ3v) is 5.46. The van der Waals surface area contributed by atoms with E-state index in [9.17, 15) is 9.18 Å². The average Bonchev–Trinajstić information content (AvgIpc) is 2.79. The molecule has 0 N–H and O–H groups in total. The molecule has 0 saturated carbocycles. The second kappa shape index (κ2) is 8.75. The number of aromatic nitrogens is 4. The molecule has 1 unspecified atom stereocenters. The van der Waals surface area contributed by atoms with E-state index in [4.69, 9.17) is 4.98 Å². The van der Waals surface area contributed by atoms with Crippen LogP contribution in [0.15, 0.2) is 42.9 Å². The summed E-state index contributed by atoms with van der Waals surface area (Å²) in [5.74, 6) is 0.0607. The van der Waals surface area contributed by atoms with E-state index in [0.717, 1.165) is 24.2 Å². The van der Waals surface area contributed by atoms with Gasteiger partial charge in [0.15, 0.2) is 0 Å². The zero-order chi connectivity index (χ0) is 22.0. The number of carbonyl (C=O) groups is 1. The number of rotatable bonds is 4. The molecule has 31 heavy (non-hydrogen) atoms. The largest absolute Gasteiger partial charge is 0.347 e. The summed E-state index contributed by atoms with van der Waals surface area (Å²) in [6, 6.07) is 6.64. The summed E-state index contributed by atoms with van der Waals surface area (Å²) >= 11 is 0. The minimum absolute atomic E-state index is 0.0348. The maximum atomic E-state index is 14.6. The number of halogens is 1. The maximum Gasteiger partial charge on any atom is 0.274 e. The van der Waals surface area contributed by atoms with Crippen molar-refractivity contribution in [1.29, 1.82) is 0 Å². The second-order valence-corrected chi connectivity index (χ2v) is 7.98. The maximum absolute atomic E-state index is 14.6. The van der Waals surface area contributed by atoms with Crippen LogP contribution in [-0.4, -0.2) is 57.9 Å². The summed E-state index contributed by atoms with van der Waals surface area (Å²) in [7, 11) is 3.74. The smallest absolute Gasteiger partial charge is 0.274 e. The summed E-state index contributed by atoms with van der Waals surface area (Å²) in [5, 5.41) is 0. The number of nitrogens with zero attached hydrogens (tertiary/aromatic N) is 6. The van der Waals surface area contributed by atoms with E-state index in [1.165, 1.54) is 12.3 Å². The van der Waals surface area contributed by atoms with Crippen LogP contribution < -0.4 is 4.90 Å². The van der Waals surface area contributed by atoms with E-state index in [-0.39, 0.29) is 17.6 Å². The first kappa shape index (κ1) is 20.8. The third-order valence-electron chi connectivity index (χ3n) is 5.46. The van der Waals surface area contributed by atoms with Crippen LogP contribution in [0.1, 0.15) is 40.6 Å². The summed E-state index contributed by atoms with van der Waals surface area (Å²) in [6.07, 6.45) is 6.48. The molecule has 4 rings (SSSR count). The van der Waals surface area contributed by atoms with Gasteiger partial charge >= 0.3 is 0 Å². The Morgan fingerprint density at radius 2 is 1.90 bits per heavy atom. The second-order valence-electron chi connectivity index (χ2n) is 7.98. The molecule has 0 radical (unpaired) electrons. The monoisotopic (exact) mass is 420 g/mol. The fourth-order valence-electron chi connectivity index (χ4n) is 3.85. The highest BCUT2D eigenvalue weighted by Crippen LogP contribution is 2.35. The standard InChI is InChI=1S/C23H25FN6O/c1-15-11-26-20(13-25-15)22(31)30-10-6-7-16(14-30)21-18(12-27-23(28-21)29(2)3)17-8-4-5-9-19(17)24/h4-5,8-9,11-13,16H,6-7,10,14H2,1-3H3.